The standard InChI is InChI=1S/C23H30N4O4S/c1-2-22(28)17-26-32(29,30)23(16-24)14-18-3-4-20-15-21(6-5-19(20)13-18)25-7-8-27-9-11-31-12-10-27/h3-6,13-15,22,25-26,28H,2,7-12,17H2,1H3/b23-14+. The van der Waals surface area contributed by atoms with E-state index in [-0.39, 0.29) is 11.4 Å². The molecule has 32 heavy (non-hydrogen) atoms. The van der Waals surface area contributed by atoms with Gasteiger partial charge in [0.15, 0.2) is 4.91 Å². The van der Waals surface area contributed by atoms with Gasteiger partial charge in [-0.3, -0.25) is 4.90 Å². The number of morpholine rings is 1. The van der Waals surface area contributed by atoms with Crippen LogP contribution in [0, 0.1) is 11.3 Å². The van der Waals surface area contributed by atoms with E-state index in [1.165, 1.54) is 6.08 Å². The van der Waals surface area contributed by atoms with E-state index in [9.17, 15) is 18.8 Å². The van der Waals surface area contributed by atoms with Crippen LogP contribution >= 0.6 is 0 Å². The maximum atomic E-state index is 12.4. The van der Waals surface area contributed by atoms with Crippen LogP contribution in [0.5, 0.6) is 0 Å². The Morgan fingerprint density at radius 3 is 2.69 bits per heavy atom. The Morgan fingerprint density at radius 2 is 1.97 bits per heavy atom. The summed E-state index contributed by atoms with van der Waals surface area (Å²) < 4.78 is 32.4. The largest absolute Gasteiger partial charge is 0.392 e. The first kappa shape index (κ1) is 24.2. The van der Waals surface area contributed by atoms with Crippen molar-refractivity contribution in [3.05, 3.63) is 46.9 Å². The van der Waals surface area contributed by atoms with Crippen LogP contribution in [0.15, 0.2) is 41.3 Å². The maximum Gasteiger partial charge on any atom is 0.250 e. The minimum Gasteiger partial charge on any atom is -0.392 e. The number of ether oxygens (including phenoxy) is 1. The van der Waals surface area contributed by atoms with Gasteiger partial charge in [-0.15, -0.1) is 0 Å². The van der Waals surface area contributed by atoms with E-state index in [1.54, 1.807) is 19.1 Å². The molecule has 1 fully saturated rings. The number of nitrogens with one attached hydrogen (secondary N) is 2. The molecule has 1 atom stereocenters. The number of hydrogen-bond donors (Lipinski definition) is 3. The van der Waals surface area contributed by atoms with Gasteiger partial charge in [0.2, 0.25) is 0 Å². The SMILES string of the molecule is CCC(O)CNS(=O)(=O)/C(C#N)=C/c1ccc2cc(NCCN3CCOCC3)ccc2c1. The van der Waals surface area contributed by atoms with Crippen molar-refractivity contribution in [1.29, 1.82) is 5.26 Å². The van der Waals surface area contributed by atoms with E-state index < -0.39 is 16.1 Å². The fourth-order valence-corrected chi connectivity index (χ4v) is 4.38. The van der Waals surface area contributed by atoms with Gasteiger partial charge < -0.3 is 15.2 Å². The number of aliphatic hydroxyl groups is 1. The third kappa shape index (κ3) is 6.76. The van der Waals surface area contributed by atoms with E-state index in [0.717, 1.165) is 55.9 Å². The van der Waals surface area contributed by atoms with Crippen LogP contribution in [0.1, 0.15) is 18.9 Å². The molecule has 0 spiro atoms. The molecule has 1 aliphatic rings. The number of sulfonamides is 1. The molecule has 0 saturated carbocycles. The number of aliphatic hydroxyl groups excluding tert-OH is 1. The number of benzene rings is 2. The third-order valence-electron chi connectivity index (χ3n) is 5.40. The molecule has 0 radical (unpaired) electrons. The highest BCUT2D eigenvalue weighted by Crippen LogP contribution is 2.22. The average molecular weight is 459 g/mol. The second kappa shape index (κ2) is 11.4. The summed E-state index contributed by atoms with van der Waals surface area (Å²) in [6.07, 6.45) is 0.972. The van der Waals surface area contributed by atoms with E-state index >= 15 is 0 Å². The molecule has 2 aromatic rings. The van der Waals surface area contributed by atoms with Gasteiger partial charge in [0.05, 0.1) is 19.3 Å². The predicted octanol–water partition coefficient (Wildman–Crippen LogP) is 2.14. The van der Waals surface area contributed by atoms with Gasteiger partial charge in [-0.1, -0.05) is 25.1 Å². The summed E-state index contributed by atoms with van der Waals surface area (Å²) in [5.74, 6) is 0. The molecule has 1 saturated heterocycles. The minimum atomic E-state index is -3.99. The van der Waals surface area contributed by atoms with Gasteiger partial charge in [0.25, 0.3) is 10.0 Å². The number of fused-ring (bicyclic) bond motifs is 1. The number of allylic oxidation sites excluding steroid dienone is 1. The molecule has 1 aliphatic heterocycles. The van der Waals surface area contributed by atoms with Gasteiger partial charge in [0.1, 0.15) is 6.07 Å². The van der Waals surface area contributed by atoms with Crippen molar-refractivity contribution < 1.29 is 18.3 Å². The smallest absolute Gasteiger partial charge is 0.250 e. The molecule has 0 aromatic heterocycles. The zero-order valence-corrected chi connectivity index (χ0v) is 19.1. The minimum absolute atomic E-state index is 0.128. The van der Waals surface area contributed by atoms with E-state index in [1.807, 2.05) is 24.3 Å². The Bertz CT molecular complexity index is 1090. The first-order valence-corrected chi connectivity index (χ1v) is 12.3. The van der Waals surface area contributed by atoms with Crippen molar-refractivity contribution in [2.45, 2.75) is 19.4 Å². The summed E-state index contributed by atoms with van der Waals surface area (Å²) in [5.41, 5.74) is 1.64. The number of rotatable bonds is 10. The molecule has 0 aliphatic carbocycles. The van der Waals surface area contributed by atoms with Crippen LogP contribution in [-0.2, 0) is 14.8 Å². The average Bonchev–Trinajstić information content (AvgIpc) is 2.81. The molecule has 0 bridgehead atoms. The summed E-state index contributed by atoms with van der Waals surface area (Å²) in [6, 6.07) is 13.3. The van der Waals surface area contributed by atoms with Crippen molar-refractivity contribution in [2.24, 2.45) is 0 Å². The highest BCUT2D eigenvalue weighted by atomic mass is 32.2. The maximum absolute atomic E-state index is 12.4. The fraction of sp³-hybridized carbons (Fsp3) is 0.435. The lowest BCUT2D eigenvalue weighted by Gasteiger charge is -2.26. The summed E-state index contributed by atoms with van der Waals surface area (Å²) in [5, 5.41) is 24.3. The van der Waals surface area contributed by atoms with E-state index in [0.29, 0.717) is 12.0 Å². The van der Waals surface area contributed by atoms with Crippen molar-refractivity contribution in [3.8, 4) is 6.07 Å². The second-order valence-electron chi connectivity index (χ2n) is 7.74. The number of nitriles is 1. The number of nitrogens with zero attached hydrogens (tertiary/aromatic N) is 2. The van der Waals surface area contributed by atoms with Gasteiger partial charge in [-0.05, 0) is 47.0 Å². The van der Waals surface area contributed by atoms with Crippen molar-refractivity contribution in [1.82, 2.24) is 9.62 Å². The van der Waals surface area contributed by atoms with Gasteiger partial charge in [0, 0.05) is 38.4 Å². The number of hydrogen-bond acceptors (Lipinski definition) is 7. The normalized spacial score (nSPS) is 16.6. The summed E-state index contributed by atoms with van der Waals surface area (Å²) in [4.78, 5) is 1.98. The summed E-state index contributed by atoms with van der Waals surface area (Å²) in [6.45, 7) is 6.93. The molecule has 2 aromatic carbocycles. The van der Waals surface area contributed by atoms with Crippen LogP contribution in [0.4, 0.5) is 5.69 Å². The molecule has 1 heterocycles. The zero-order valence-electron chi connectivity index (χ0n) is 18.3. The van der Waals surface area contributed by atoms with E-state index in [4.69, 9.17) is 4.74 Å². The Morgan fingerprint density at radius 1 is 1.25 bits per heavy atom. The quantitative estimate of drug-likeness (QED) is 0.467. The molecule has 9 heteroatoms. The highest BCUT2D eigenvalue weighted by molar-refractivity contribution is 7.93. The van der Waals surface area contributed by atoms with Crippen LogP contribution in [-0.4, -0.2) is 70.5 Å². The molecule has 3 rings (SSSR count). The van der Waals surface area contributed by atoms with Crippen molar-refractivity contribution >= 4 is 32.6 Å². The zero-order chi connectivity index (χ0) is 23.0. The molecular weight excluding hydrogens is 428 g/mol. The predicted molar refractivity (Wildman–Crippen MR) is 127 cm³/mol. The molecule has 3 N–H and O–H groups in total. The van der Waals surface area contributed by atoms with Crippen LogP contribution in [0.3, 0.4) is 0 Å². The summed E-state index contributed by atoms with van der Waals surface area (Å²) >= 11 is 0. The lowest BCUT2D eigenvalue weighted by atomic mass is 10.1. The summed E-state index contributed by atoms with van der Waals surface area (Å²) in [7, 11) is -3.99. The molecular formula is C23H30N4O4S. The van der Waals surface area contributed by atoms with Gasteiger partial charge >= 0.3 is 0 Å². The topological polar surface area (TPSA) is 115 Å². The number of anilines is 1. The molecule has 8 nitrogen and oxygen atoms in total. The fourth-order valence-electron chi connectivity index (χ4n) is 3.40. The Hall–Kier alpha value is -2.48. The monoisotopic (exact) mass is 458 g/mol. The van der Waals surface area contributed by atoms with Gasteiger partial charge in [-0.2, -0.15) is 5.26 Å². The highest BCUT2D eigenvalue weighted by Gasteiger charge is 2.18. The second-order valence-corrected chi connectivity index (χ2v) is 9.47. The molecule has 172 valence electrons. The Kier molecular flexibility index (Phi) is 8.61. The Balaban J connectivity index is 1.67. The lowest BCUT2D eigenvalue weighted by Crippen LogP contribution is -2.38. The van der Waals surface area contributed by atoms with Crippen molar-refractivity contribution in [3.63, 3.8) is 0 Å². The van der Waals surface area contributed by atoms with Crippen LogP contribution in [0.2, 0.25) is 0 Å². The molecule has 1 unspecified atom stereocenters. The van der Waals surface area contributed by atoms with E-state index in [2.05, 4.69) is 21.0 Å². The van der Waals surface area contributed by atoms with Gasteiger partial charge in [-0.25, -0.2) is 13.1 Å². The van der Waals surface area contributed by atoms with Crippen molar-refractivity contribution in [2.75, 3.05) is 51.3 Å². The lowest BCUT2D eigenvalue weighted by molar-refractivity contribution is 0.0398. The Labute approximate surface area is 189 Å². The van der Waals surface area contributed by atoms with Crippen LogP contribution in [0.25, 0.3) is 16.8 Å². The molecule has 0 amide bonds. The first-order chi connectivity index (χ1) is 15.4. The first-order valence-electron chi connectivity index (χ1n) is 10.8. The van der Waals surface area contributed by atoms with Crippen LogP contribution < -0.4 is 10.0 Å². The third-order valence-corrected chi connectivity index (χ3v) is 6.74.